The number of alkyl halides is 1. The highest BCUT2D eigenvalue weighted by Crippen LogP contribution is 2.38. The van der Waals surface area contributed by atoms with Gasteiger partial charge >= 0.3 is 0 Å². The summed E-state index contributed by atoms with van der Waals surface area (Å²) in [6.07, 6.45) is 3.71. The van der Waals surface area contributed by atoms with Crippen molar-refractivity contribution in [2.75, 3.05) is 7.11 Å². The van der Waals surface area contributed by atoms with E-state index < -0.39 is 0 Å². The molecule has 1 aliphatic rings. The van der Waals surface area contributed by atoms with Crippen molar-refractivity contribution in [3.05, 3.63) is 29.6 Å². The van der Waals surface area contributed by atoms with Gasteiger partial charge in [0.25, 0.3) is 0 Å². The van der Waals surface area contributed by atoms with Gasteiger partial charge in [-0.3, -0.25) is 0 Å². The second-order valence-electron chi connectivity index (χ2n) is 5.67. The second-order valence-corrected chi connectivity index (χ2v) is 6.33. The van der Waals surface area contributed by atoms with Crippen LogP contribution in [0.5, 0.6) is 0 Å². The number of halogens is 1. The summed E-state index contributed by atoms with van der Waals surface area (Å²) < 4.78 is 7.99. The fourth-order valence-electron chi connectivity index (χ4n) is 3.38. The van der Waals surface area contributed by atoms with Crippen molar-refractivity contribution in [2.24, 2.45) is 0 Å². The monoisotopic (exact) mass is 292 g/mol. The van der Waals surface area contributed by atoms with Gasteiger partial charge in [0.05, 0.1) is 28.6 Å². The molecular formula is C16H21ClN2O. The molecule has 20 heavy (non-hydrogen) atoms. The van der Waals surface area contributed by atoms with Crippen molar-refractivity contribution in [3.63, 3.8) is 0 Å². The first-order chi connectivity index (χ1) is 9.63. The number of imidazole rings is 1. The summed E-state index contributed by atoms with van der Waals surface area (Å²) in [4.78, 5) is 4.80. The average molecular weight is 293 g/mol. The number of nitrogens with zero attached hydrogens (tertiary/aromatic N) is 2. The number of benzene rings is 1. The molecule has 108 valence electrons. The molecule has 1 aromatic carbocycles. The van der Waals surface area contributed by atoms with Gasteiger partial charge in [-0.1, -0.05) is 12.1 Å². The Morgan fingerprint density at radius 1 is 1.40 bits per heavy atom. The molecule has 1 heterocycles. The van der Waals surface area contributed by atoms with E-state index in [1.807, 2.05) is 6.92 Å². The lowest BCUT2D eigenvalue weighted by Crippen LogP contribution is -2.22. The molecule has 0 N–H and O–H groups in total. The molecule has 3 rings (SSSR count). The summed E-state index contributed by atoms with van der Waals surface area (Å²) in [7, 11) is 1.80. The Hall–Kier alpha value is -1.06. The van der Waals surface area contributed by atoms with Crippen molar-refractivity contribution >= 4 is 22.6 Å². The summed E-state index contributed by atoms with van der Waals surface area (Å²) >= 11 is 6.38. The molecule has 1 aromatic heterocycles. The maximum atomic E-state index is 6.38. The molecule has 0 spiro atoms. The third kappa shape index (κ3) is 2.13. The van der Waals surface area contributed by atoms with Crippen LogP contribution in [0.4, 0.5) is 0 Å². The Labute approximate surface area is 124 Å². The zero-order valence-corrected chi connectivity index (χ0v) is 13.0. The van der Waals surface area contributed by atoms with Crippen molar-refractivity contribution in [2.45, 2.75) is 50.6 Å². The van der Waals surface area contributed by atoms with E-state index in [1.165, 1.54) is 17.5 Å². The highest BCUT2D eigenvalue weighted by molar-refractivity contribution is 6.20. The number of methoxy groups -OCH3 is 1. The van der Waals surface area contributed by atoms with Gasteiger partial charge in [-0.2, -0.15) is 0 Å². The van der Waals surface area contributed by atoms with E-state index in [9.17, 15) is 0 Å². The molecule has 0 amide bonds. The highest BCUT2D eigenvalue weighted by Gasteiger charge is 2.32. The molecule has 4 heteroatoms. The second kappa shape index (κ2) is 5.38. The summed E-state index contributed by atoms with van der Waals surface area (Å²) in [5.41, 5.74) is 3.45. The van der Waals surface area contributed by atoms with Gasteiger partial charge in [0.2, 0.25) is 0 Å². The molecule has 2 aromatic rings. The van der Waals surface area contributed by atoms with Crippen LogP contribution in [0.3, 0.4) is 0 Å². The Bertz CT molecular complexity index is 620. The zero-order valence-electron chi connectivity index (χ0n) is 12.3. The van der Waals surface area contributed by atoms with E-state index in [0.717, 1.165) is 24.2 Å². The number of para-hydroxylation sites is 1. The van der Waals surface area contributed by atoms with Crippen LogP contribution in [0.15, 0.2) is 18.2 Å². The first-order valence-corrected chi connectivity index (χ1v) is 7.71. The smallest absolute Gasteiger partial charge is 0.128 e. The molecule has 0 aliphatic heterocycles. The SMILES string of the molecule is COC1CCCC1n1c(C(C)Cl)nc2c(C)cccc21. The average Bonchev–Trinajstić information content (AvgIpc) is 3.01. The Kier molecular flexibility index (Phi) is 3.74. The summed E-state index contributed by atoms with van der Waals surface area (Å²) in [5.74, 6) is 0.963. The Balaban J connectivity index is 2.21. The van der Waals surface area contributed by atoms with Crippen LogP contribution in [0.1, 0.15) is 49.0 Å². The van der Waals surface area contributed by atoms with Crippen LogP contribution in [-0.2, 0) is 4.74 Å². The van der Waals surface area contributed by atoms with Gasteiger partial charge in [0.15, 0.2) is 0 Å². The van der Waals surface area contributed by atoms with E-state index in [1.54, 1.807) is 7.11 Å². The fourth-order valence-corrected chi connectivity index (χ4v) is 3.53. The highest BCUT2D eigenvalue weighted by atomic mass is 35.5. The van der Waals surface area contributed by atoms with E-state index in [4.69, 9.17) is 21.3 Å². The minimum Gasteiger partial charge on any atom is -0.379 e. The van der Waals surface area contributed by atoms with Gasteiger partial charge in [0, 0.05) is 7.11 Å². The van der Waals surface area contributed by atoms with Crippen LogP contribution in [-0.4, -0.2) is 22.8 Å². The van der Waals surface area contributed by atoms with Crippen LogP contribution >= 0.6 is 11.6 Å². The van der Waals surface area contributed by atoms with E-state index in [-0.39, 0.29) is 11.5 Å². The van der Waals surface area contributed by atoms with Crippen LogP contribution in [0.25, 0.3) is 11.0 Å². The molecule has 0 bridgehead atoms. The summed E-state index contributed by atoms with van der Waals surface area (Å²) in [6, 6.07) is 6.69. The lowest BCUT2D eigenvalue weighted by Gasteiger charge is -2.23. The van der Waals surface area contributed by atoms with Crippen LogP contribution < -0.4 is 0 Å². The number of aromatic nitrogens is 2. The van der Waals surface area contributed by atoms with Gasteiger partial charge in [-0.25, -0.2) is 4.98 Å². The van der Waals surface area contributed by atoms with E-state index in [0.29, 0.717) is 6.04 Å². The lowest BCUT2D eigenvalue weighted by molar-refractivity contribution is 0.0753. The quantitative estimate of drug-likeness (QED) is 0.785. The molecule has 1 saturated carbocycles. The largest absolute Gasteiger partial charge is 0.379 e. The van der Waals surface area contributed by atoms with Crippen molar-refractivity contribution < 1.29 is 4.74 Å². The summed E-state index contributed by atoms with van der Waals surface area (Å²) in [6.45, 7) is 4.09. The minimum atomic E-state index is -0.0973. The van der Waals surface area contributed by atoms with Gasteiger partial charge in [-0.15, -0.1) is 11.6 Å². The van der Waals surface area contributed by atoms with Gasteiger partial charge in [-0.05, 0) is 44.7 Å². The number of rotatable bonds is 3. The predicted octanol–water partition coefficient (Wildman–Crippen LogP) is 4.38. The topological polar surface area (TPSA) is 27.1 Å². The van der Waals surface area contributed by atoms with E-state index >= 15 is 0 Å². The maximum Gasteiger partial charge on any atom is 0.128 e. The third-order valence-corrected chi connectivity index (χ3v) is 4.55. The van der Waals surface area contributed by atoms with Crippen LogP contribution in [0.2, 0.25) is 0 Å². The molecule has 1 fully saturated rings. The Morgan fingerprint density at radius 3 is 2.90 bits per heavy atom. The predicted molar refractivity (Wildman–Crippen MR) is 82.4 cm³/mol. The number of hydrogen-bond acceptors (Lipinski definition) is 2. The molecule has 3 nitrogen and oxygen atoms in total. The van der Waals surface area contributed by atoms with Crippen LogP contribution in [0, 0.1) is 6.92 Å². The number of hydrogen-bond donors (Lipinski definition) is 0. The fraction of sp³-hybridized carbons (Fsp3) is 0.562. The summed E-state index contributed by atoms with van der Waals surface area (Å²) in [5, 5.41) is -0.0973. The minimum absolute atomic E-state index is 0.0973. The number of fused-ring (bicyclic) bond motifs is 1. The molecule has 0 radical (unpaired) electrons. The van der Waals surface area contributed by atoms with Crippen molar-refractivity contribution in [3.8, 4) is 0 Å². The van der Waals surface area contributed by atoms with Gasteiger partial charge < -0.3 is 9.30 Å². The molecule has 0 saturated heterocycles. The number of ether oxygens (including phenoxy) is 1. The van der Waals surface area contributed by atoms with Crippen molar-refractivity contribution in [1.82, 2.24) is 9.55 Å². The van der Waals surface area contributed by atoms with Crippen molar-refractivity contribution in [1.29, 1.82) is 0 Å². The molecule has 3 atom stereocenters. The first kappa shape index (κ1) is 13.9. The Morgan fingerprint density at radius 2 is 2.20 bits per heavy atom. The first-order valence-electron chi connectivity index (χ1n) is 7.27. The van der Waals surface area contributed by atoms with E-state index in [2.05, 4.69) is 29.7 Å². The third-order valence-electron chi connectivity index (χ3n) is 4.36. The molecular weight excluding hydrogens is 272 g/mol. The molecule has 1 aliphatic carbocycles. The normalized spacial score (nSPS) is 24.4. The lowest BCUT2D eigenvalue weighted by atomic mass is 10.1. The maximum absolute atomic E-state index is 6.38. The molecule has 3 unspecified atom stereocenters. The number of aryl methyl sites for hydroxylation is 1. The standard InChI is InChI=1S/C16H21ClN2O/c1-10-6-4-8-13-15(10)18-16(11(2)17)19(13)12-7-5-9-14(12)20-3/h4,6,8,11-12,14H,5,7,9H2,1-3H3. The van der Waals surface area contributed by atoms with Gasteiger partial charge in [0.1, 0.15) is 5.82 Å². The zero-order chi connectivity index (χ0) is 14.3.